The van der Waals surface area contributed by atoms with Gasteiger partial charge < -0.3 is 16.0 Å². The van der Waals surface area contributed by atoms with Crippen molar-refractivity contribution >= 4 is 12.0 Å². The smallest absolute Gasteiger partial charge is 0.107 e. The van der Waals surface area contributed by atoms with Gasteiger partial charge in [-0.05, 0) is 18.6 Å². The summed E-state index contributed by atoms with van der Waals surface area (Å²) >= 11 is 0. The Balaban J connectivity index is 3.03. The molecule has 54 valence electrons. The highest BCUT2D eigenvalue weighted by Gasteiger charge is 1.93. The van der Waals surface area contributed by atoms with E-state index in [-0.39, 0.29) is 0 Å². The van der Waals surface area contributed by atoms with Gasteiger partial charge in [0.25, 0.3) is 0 Å². The van der Waals surface area contributed by atoms with E-state index in [9.17, 15) is 0 Å². The Morgan fingerprint density at radius 3 is 2.70 bits per heavy atom. The molecule has 0 aliphatic heterocycles. The van der Waals surface area contributed by atoms with Crippen molar-refractivity contribution in [2.45, 2.75) is 6.92 Å². The Bertz CT molecular complexity index is 247. The topological polar surface area (TPSA) is 57.0 Å². The van der Waals surface area contributed by atoms with Gasteiger partial charge >= 0.3 is 0 Å². The summed E-state index contributed by atoms with van der Waals surface area (Å²) in [6, 6.07) is 1.89. The van der Waals surface area contributed by atoms with E-state index < -0.39 is 0 Å². The van der Waals surface area contributed by atoms with E-state index in [1.165, 1.54) is 6.20 Å². The number of aromatic nitrogens is 1. The maximum absolute atomic E-state index is 5.58. The normalized spacial score (nSPS) is 10.9. The van der Waals surface area contributed by atoms with Crippen molar-refractivity contribution in [1.82, 2.24) is 4.57 Å². The highest BCUT2D eigenvalue weighted by molar-refractivity contribution is 5.43. The summed E-state index contributed by atoms with van der Waals surface area (Å²) in [5.74, 6) is 0.708. The predicted octanol–water partition coefficient (Wildman–Crippen LogP) is 0.766. The third-order valence-electron chi connectivity index (χ3n) is 1.26. The van der Waals surface area contributed by atoms with Crippen molar-refractivity contribution in [3.05, 3.63) is 24.0 Å². The number of anilines is 1. The molecule has 3 heteroatoms. The van der Waals surface area contributed by atoms with Gasteiger partial charge in [0.05, 0.1) is 0 Å². The van der Waals surface area contributed by atoms with Crippen molar-refractivity contribution in [1.29, 1.82) is 0 Å². The molecule has 0 amide bonds. The Morgan fingerprint density at radius 1 is 1.60 bits per heavy atom. The number of rotatable bonds is 1. The summed E-state index contributed by atoms with van der Waals surface area (Å²) in [4.78, 5) is 0. The van der Waals surface area contributed by atoms with Crippen LogP contribution in [0.2, 0.25) is 0 Å². The second kappa shape index (κ2) is 2.47. The molecule has 0 saturated heterocycles. The van der Waals surface area contributed by atoms with Crippen molar-refractivity contribution in [2.75, 3.05) is 5.73 Å². The second-order valence-electron chi connectivity index (χ2n) is 2.19. The van der Waals surface area contributed by atoms with Gasteiger partial charge in [0.15, 0.2) is 0 Å². The molecule has 3 nitrogen and oxygen atoms in total. The van der Waals surface area contributed by atoms with Gasteiger partial charge in [0.2, 0.25) is 0 Å². The SMILES string of the molecule is Cc1cc(N)n(/C=C\N)c1. The van der Waals surface area contributed by atoms with Crippen molar-refractivity contribution < 1.29 is 0 Å². The fourth-order valence-corrected chi connectivity index (χ4v) is 0.861. The van der Waals surface area contributed by atoms with Crippen LogP contribution in [0.5, 0.6) is 0 Å². The fourth-order valence-electron chi connectivity index (χ4n) is 0.861. The van der Waals surface area contributed by atoms with Crippen molar-refractivity contribution in [2.24, 2.45) is 5.73 Å². The number of nitrogen functional groups attached to an aromatic ring is 1. The zero-order valence-electron chi connectivity index (χ0n) is 5.91. The molecule has 0 aliphatic carbocycles. The molecule has 4 N–H and O–H groups in total. The summed E-state index contributed by atoms with van der Waals surface area (Å²) in [7, 11) is 0. The lowest BCUT2D eigenvalue weighted by Gasteiger charge is -1.93. The minimum atomic E-state index is 0.708. The summed E-state index contributed by atoms with van der Waals surface area (Å²) in [5.41, 5.74) is 11.9. The Kier molecular flexibility index (Phi) is 1.67. The summed E-state index contributed by atoms with van der Waals surface area (Å²) < 4.78 is 1.77. The van der Waals surface area contributed by atoms with Gasteiger partial charge in [-0.15, -0.1) is 0 Å². The molecule has 0 aromatic carbocycles. The summed E-state index contributed by atoms with van der Waals surface area (Å²) in [6.07, 6.45) is 5.08. The number of nitrogens with zero attached hydrogens (tertiary/aromatic N) is 1. The standard InChI is InChI=1S/C7H11N3/c1-6-4-7(9)10(5-6)3-2-8/h2-5H,8-9H2,1H3/b3-2-. The second-order valence-corrected chi connectivity index (χ2v) is 2.19. The van der Waals surface area contributed by atoms with Gasteiger partial charge in [-0.3, -0.25) is 0 Å². The first-order valence-electron chi connectivity index (χ1n) is 3.06. The highest BCUT2D eigenvalue weighted by atomic mass is 15.0. The van der Waals surface area contributed by atoms with Crippen LogP contribution in [0.4, 0.5) is 5.82 Å². The molecular weight excluding hydrogens is 126 g/mol. The molecule has 0 aliphatic rings. The minimum absolute atomic E-state index is 0.708. The number of nitrogens with two attached hydrogens (primary N) is 2. The van der Waals surface area contributed by atoms with Gasteiger partial charge in [0, 0.05) is 18.6 Å². The summed E-state index contributed by atoms with van der Waals surface area (Å²) in [5, 5.41) is 0. The molecule has 1 rings (SSSR count). The number of hydrogen-bond acceptors (Lipinski definition) is 2. The van der Waals surface area contributed by atoms with Crippen molar-refractivity contribution in [3.63, 3.8) is 0 Å². The van der Waals surface area contributed by atoms with E-state index in [2.05, 4.69) is 0 Å². The highest BCUT2D eigenvalue weighted by Crippen LogP contribution is 2.08. The Hall–Kier alpha value is -1.38. The van der Waals surface area contributed by atoms with E-state index in [1.807, 2.05) is 19.2 Å². The Morgan fingerprint density at radius 2 is 2.30 bits per heavy atom. The van der Waals surface area contributed by atoms with Crippen LogP contribution < -0.4 is 11.5 Å². The molecule has 10 heavy (non-hydrogen) atoms. The van der Waals surface area contributed by atoms with Crippen LogP contribution in [0.1, 0.15) is 5.56 Å². The molecule has 0 spiro atoms. The van der Waals surface area contributed by atoms with E-state index in [0.717, 1.165) is 5.56 Å². The zero-order valence-corrected chi connectivity index (χ0v) is 5.91. The van der Waals surface area contributed by atoms with Crippen LogP contribution in [0.25, 0.3) is 6.20 Å². The molecule has 1 aromatic rings. The molecule has 0 radical (unpaired) electrons. The van der Waals surface area contributed by atoms with E-state index in [4.69, 9.17) is 11.5 Å². The van der Waals surface area contributed by atoms with Crippen LogP contribution >= 0.6 is 0 Å². The average Bonchev–Trinajstić information content (AvgIpc) is 2.13. The molecule has 0 saturated carbocycles. The lowest BCUT2D eigenvalue weighted by atomic mass is 10.4. The largest absolute Gasteiger partial charge is 0.403 e. The zero-order chi connectivity index (χ0) is 7.56. The number of hydrogen-bond donors (Lipinski definition) is 2. The first-order valence-corrected chi connectivity index (χ1v) is 3.06. The fraction of sp³-hybridized carbons (Fsp3) is 0.143. The first-order chi connectivity index (χ1) is 4.74. The van der Waals surface area contributed by atoms with Gasteiger partial charge in [-0.2, -0.15) is 0 Å². The first kappa shape index (κ1) is 6.74. The molecule has 0 bridgehead atoms. The molecule has 0 unspecified atom stereocenters. The average molecular weight is 137 g/mol. The minimum Gasteiger partial charge on any atom is -0.403 e. The van der Waals surface area contributed by atoms with E-state index >= 15 is 0 Å². The lowest BCUT2D eigenvalue weighted by molar-refractivity contribution is 1.17. The third kappa shape index (κ3) is 1.13. The quantitative estimate of drug-likeness (QED) is 0.600. The lowest BCUT2D eigenvalue weighted by Crippen LogP contribution is -1.93. The summed E-state index contributed by atoms with van der Waals surface area (Å²) in [6.45, 7) is 1.98. The van der Waals surface area contributed by atoms with Crippen LogP contribution in [0.3, 0.4) is 0 Å². The van der Waals surface area contributed by atoms with Crippen LogP contribution in [0, 0.1) is 6.92 Å². The van der Waals surface area contributed by atoms with E-state index in [0.29, 0.717) is 5.82 Å². The molecule has 0 fully saturated rings. The van der Waals surface area contributed by atoms with Crippen LogP contribution in [-0.4, -0.2) is 4.57 Å². The van der Waals surface area contributed by atoms with Crippen LogP contribution in [-0.2, 0) is 0 Å². The predicted molar refractivity (Wildman–Crippen MR) is 43.1 cm³/mol. The van der Waals surface area contributed by atoms with Gasteiger partial charge in [-0.25, -0.2) is 0 Å². The molecule has 1 heterocycles. The third-order valence-corrected chi connectivity index (χ3v) is 1.26. The molecule has 1 aromatic heterocycles. The van der Waals surface area contributed by atoms with Crippen LogP contribution in [0.15, 0.2) is 18.5 Å². The number of aryl methyl sites for hydroxylation is 1. The van der Waals surface area contributed by atoms with Gasteiger partial charge in [0.1, 0.15) is 5.82 Å². The maximum Gasteiger partial charge on any atom is 0.107 e. The van der Waals surface area contributed by atoms with Gasteiger partial charge in [-0.1, -0.05) is 0 Å². The maximum atomic E-state index is 5.58. The monoisotopic (exact) mass is 137 g/mol. The molecular formula is C7H11N3. The Labute approximate surface area is 59.9 Å². The molecule has 0 atom stereocenters. The van der Waals surface area contributed by atoms with Crippen molar-refractivity contribution in [3.8, 4) is 0 Å². The van der Waals surface area contributed by atoms with E-state index in [1.54, 1.807) is 10.8 Å².